The van der Waals surface area contributed by atoms with Crippen molar-refractivity contribution >= 4 is 21.6 Å². The summed E-state index contributed by atoms with van der Waals surface area (Å²) in [6.07, 6.45) is -3.14. The molecule has 2 heterocycles. The first-order valence-corrected chi connectivity index (χ1v) is 8.50. The quantitative estimate of drug-likeness (QED) is 0.409. The maximum Gasteiger partial charge on any atom is 0.433 e. The molecule has 0 amide bonds. The van der Waals surface area contributed by atoms with Crippen molar-refractivity contribution in [3.8, 4) is 22.4 Å². The van der Waals surface area contributed by atoms with Crippen LogP contribution in [0.2, 0.25) is 0 Å². The lowest BCUT2D eigenvalue weighted by Gasteiger charge is -2.12. The molecule has 0 atom stereocenters. The van der Waals surface area contributed by atoms with Crippen molar-refractivity contribution in [3.05, 3.63) is 77.0 Å². The molecule has 0 bridgehead atoms. The van der Waals surface area contributed by atoms with Crippen LogP contribution in [0.3, 0.4) is 0 Å². The summed E-state index contributed by atoms with van der Waals surface area (Å²) in [7, 11) is 0. The molecule has 0 fully saturated rings. The highest BCUT2D eigenvalue weighted by Crippen LogP contribution is 2.34. The lowest BCUT2D eigenvalue weighted by Crippen LogP contribution is -2.13. The molecule has 0 aliphatic rings. The minimum absolute atomic E-state index is 0.170. The third-order valence-corrected chi connectivity index (χ3v) is 4.52. The highest BCUT2D eigenvalue weighted by molar-refractivity contribution is 9.10. The summed E-state index contributed by atoms with van der Waals surface area (Å²) in [6.45, 7) is 0. The molecule has 2 aromatic carbocycles. The van der Waals surface area contributed by atoms with Gasteiger partial charge in [-0.05, 0) is 23.8 Å². The molecule has 2 aromatic heterocycles. The highest BCUT2D eigenvalue weighted by Gasteiger charge is 2.35. The van der Waals surface area contributed by atoms with Crippen LogP contribution in [0, 0.1) is 0 Å². The van der Waals surface area contributed by atoms with E-state index in [1.165, 1.54) is 6.20 Å². The van der Waals surface area contributed by atoms with Crippen LogP contribution in [0.4, 0.5) is 13.2 Å². The van der Waals surface area contributed by atoms with Crippen LogP contribution in [0.15, 0.2) is 71.3 Å². The molecule has 4 aromatic rings. The van der Waals surface area contributed by atoms with Gasteiger partial charge in [0, 0.05) is 15.6 Å². The van der Waals surface area contributed by atoms with Gasteiger partial charge in [0.1, 0.15) is 0 Å². The first-order chi connectivity index (χ1) is 12.4. The molecule has 0 aliphatic carbocycles. The van der Waals surface area contributed by atoms with Crippen molar-refractivity contribution in [1.29, 1.82) is 0 Å². The molecule has 0 unspecified atom stereocenters. The molecule has 26 heavy (non-hydrogen) atoms. The fourth-order valence-corrected chi connectivity index (χ4v) is 3.02. The number of rotatable bonds is 2. The number of aromatic nitrogens is 3. The van der Waals surface area contributed by atoms with Crippen molar-refractivity contribution in [1.82, 2.24) is 14.6 Å². The summed E-state index contributed by atoms with van der Waals surface area (Å²) >= 11 is 3.33. The normalized spacial score (nSPS) is 11.8. The van der Waals surface area contributed by atoms with Crippen LogP contribution in [-0.2, 0) is 6.18 Å². The van der Waals surface area contributed by atoms with E-state index in [2.05, 4.69) is 26.0 Å². The van der Waals surface area contributed by atoms with Gasteiger partial charge in [-0.2, -0.15) is 18.3 Å². The van der Waals surface area contributed by atoms with Crippen LogP contribution in [0.25, 0.3) is 28.0 Å². The molecule has 7 heteroatoms. The molecule has 0 radical (unpaired) electrons. The standard InChI is InChI=1S/C19H11BrF3N3/c20-14-8-6-13(7-9-14)16-10-17(19(21,22)23)26-18(25-16)15(11-24-26)12-4-2-1-3-5-12/h1-11H. The van der Waals surface area contributed by atoms with E-state index < -0.39 is 11.9 Å². The van der Waals surface area contributed by atoms with Gasteiger partial charge in [-0.1, -0.05) is 58.4 Å². The Morgan fingerprint density at radius 1 is 0.885 bits per heavy atom. The first kappa shape index (κ1) is 16.8. The third-order valence-electron chi connectivity index (χ3n) is 3.99. The molecular formula is C19H11BrF3N3. The monoisotopic (exact) mass is 417 g/mol. The molecule has 0 saturated heterocycles. The molecule has 0 spiro atoms. The van der Waals surface area contributed by atoms with Crippen molar-refractivity contribution in [3.63, 3.8) is 0 Å². The van der Waals surface area contributed by atoms with E-state index in [4.69, 9.17) is 0 Å². The second kappa shape index (κ2) is 6.25. The second-order valence-corrected chi connectivity index (χ2v) is 6.61. The summed E-state index contributed by atoms with van der Waals surface area (Å²) in [5.74, 6) is 0. The van der Waals surface area contributed by atoms with Crippen LogP contribution < -0.4 is 0 Å². The van der Waals surface area contributed by atoms with E-state index in [0.717, 1.165) is 20.6 Å². The molecule has 3 nitrogen and oxygen atoms in total. The van der Waals surface area contributed by atoms with Crippen molar-refractivity contribution in [2.75, 3.05) is 0 Å². The Kier molecular flexibility index (Phi) is 4.03. The predicted octanol–water partition coefficient (Wildman–Crippen LogP) is 5.84. The SMILES string of the molecule is FC(F)(F)c1cc(-c2ccc(Br)cc2)nc2c(-c3ccccc3)cnn12. The van der Waals surface area contributed by atoms with Gasteiger partial charge in [-0.25, -0.2) is 9.50 Å². The number of fused-ring (bicyclic) bond motifs is 1. The van der Waals surface area contributed by atoms with E-state index in [1.54, 1.807) is 24.3 Å². The number of alkyl halides is 3. The summed E-state index contributed by atoms with van der Waals surface area (Å²) in [4.78, 5) is 4.47. The number of halogens is 4. The minimum Gasteiger partial charge on any atom is -0.228 e. The average molecular weight is 418 g/mol. The van der Waals surface area contributed by atoms with E-state index in [1.807, 2.05) is 30.3 Å². The van der Waals surface area contributed by atoms with Crippen LogP contribution in [-0.4, -0.2) is 14.6 Å². The fraction of sp³-hybridized carbons (Fsp3) is 0.0526. The zero-order chi connectivity index (χ0) is 18.3. The van der Waals surface area contributed by atoms with Gasteiger partial charge >= 0.3 is 6.18 Å². The third kappa shape index (κ3) is 2.99. The number of benzene rings is 2. The smallest absolute Gasteiger partial charge is 0.228 e. The van der Waals surface area contributed by atoms with Gasteiger partial charge in [-0.15, -0.1) is 0 Å². The van der Waals surface area contributed by atoms with Gasteiger partial charge in [0.2, 0.25) is 0 Å². The Hall–Kier alpha value is -2.67. The lowest BCUT2D eigenvalue weighted by atomic mass is 10.1. The van der Waals surface area contributed by atoms with E-state index in [-0.39, 0.29) is 11.3 Å². The van der Waals surface area contributed by atoms with Crippen molar-refractivity contribution < 1.29 is 13.2 Å². The second-order valence-electron chi connectivity index (χ2n) is 5.69. The number of hydrogen-bond acceptors (Lipinski definition) is 2. The topological polar surface area (TPSA) is 30.2 Å². The van der Waals surface area contributed by atoms with E-state index in [9.17, 15) is 13.2 Å². The maximum atomic E-state index is 13.6. The summed E-state index contributed by atoms with van der Waals surface area (Å²) in [5.41, 5.74) is 1.47. The molecule has 130 valence electrons. The first-order valence-electron chi connectivity index (χ1n) is 7.71. The summed E-state index contributed by atoms with van der Waals surface area (Å²) < 4.78 is 42.5. The van der Waals surface area contributed by atoms with Gasteiger partial charge in [-0.3, -0.25) is 0 Å². The average Bonchev–Trinajstić information content (AvgIpc) is 3.05. The molecular weight excluding hydrogens is 407 g/mol. The largest absolute Gasteiger partial charge is 0.433 e. The van der Waals surface area contributed by atoms with Crippen molar-refractivity contribution in [2.24, 2.45) is 0 Å². The van der Waals surface area contributed by atoms with Crippen LogP contribution in [0.5, 0.6) is 0 Å². The van der Waals surface area contributed by atoms with E-state index >= 15 is 0 Å². The van der Waals surface area contributed by atoms with Crippen LogP contribution in [0.1, 0.15) is 5.69 Å². The molecule has 4 rings (SSSR count). The minimum atomic E-state index is -4.55. The molecule has 0 aliphatic heterocycles. The Bertz CT molecular complexity index is 1070. The van der Waals surface area contributed by atoms with Gasteiger partial charge in [0.25, 0.3) is 0 Å². The summed E-state index contributed by atoms with van der Waals surface area (Å²) in [6, 6.07) is 17.1. The van der Waals surface area contributed by atoms with Crippen molar-refractivity contribution in [2.45, 2.75) is 6.18 Å². The van der Waals surface area contributed by atoms with Gasteiger partial charge in [0.15, 0.2) is 11.3 Å². The predicted molar refractivity (Wildman–Crippen MR) is 96.6 cm³/mol. The Morgan fingerprint density at radius 2 is 1.58 bits per heavy atom. The lowest BCUT2D eigenvalue weighted by molar-refractivity contribution is -0.142. The fourth-order valence-electron chi connectivity index (χ4n) is 2.75. The Morgan fingerprint density at radius 3 is 2.23 bits per heavy atom. The number of nitrogens with zero attached hydrogens (tertiary/aromatic N) is 3. The Balaban J connectivity index is 2.01. The van der Waals surface area contributed by atoms with Gasteiger partial charge in [0.05, 0.1) is 11.9 Å². The number of hydrogen-bond donors (Lipinski definition) is 0. The molecule has 0 saturated carbocycles. The highest BCUT2D eigenvalue weighted by atomic mass is 79.9. The summed E-state index contributed by atoms with van der Waals surface area (Å²) in [5, 5.41) is 3.94. The van der Waals surface area contributed by atoms with Gasteiger partial charge < -0.3 is 0 Å². The van der Waals surface area contributed by atoms with E-state index in [0.29, 0.717) is 11.1 Å². The zero-order valence-electron chi connectivity index (χ0n) is 13.2. The van der Waals surface area contributed by atoms with Crippen LogP contribution >= 0.6 is 15.9 Å². The maximum absolute atomic E-state index is 13.6. The zero-order valence-corrected chi connectivity index (χ0v) is 14.8. The Labute approximate surface area is 155 Å². The molecule has 0 N–H and O–H groups in total.